The van der Waals surface area contributed by atoms with Crippen LogP contribution in [0.25, 0.3) is 11.3 Å². The number of rotatable bonds is 4. The zero-order valence-electron chi connectivity index (χ0n) is 17.7. The molecule has 3 aromatic rings. The van der Waals surface area contributed by atoms with Crippen LogP contribution in [0.2, 0.25) is 5.02 Å². The van der Waals surface area contributed by atoms with E-state index >= 15 is 0 Å². The Bertz CT molecular complexity index is 1200. The van der Waals surface area contributed by atoms with Gasteiger partial charge in [-0.05, 0) is 44.9 Å². The molecular formula is C22H24ClFN4O3. The summed E-state index contributed by atoms with van der Waals surface area (Å²) < 4.78 is 22.2. The predicted molar refractivity (Wildman–Crippen MR) is 116 cm³/mol. The van der Waals surface area contributed by atoms with Crippen LogP contribution in [-0.4, -0.2) is 20.4 Å². The molecular weight excluding hydrogens is 423 g/mol. The van der Waals surface area contributed by atoms with Gasteiger partial charge < -0.3 is 9.84 Å². The third-order valence-corrected chi connectivity index (χ3v) is 6.38. The van der Waals surface area contributed by atoms with Gasteiger partial charge >= 0.3 is 0 Å². The molecule has 4 rings (SSSR count). The van der Waals surface area contributed by atoms with Crippen molar-refractivity contribution in [3.8, 4) is 11.3 Å². The Labute approximate surface area is 183 Å². The summed E-state index contributed by atoms with van der Waals surface area (Å²) in [6, 6.07) is 4.03. The minimum absolute atomic E-state index is 0.0438. The van der Waals surface area contributed by atoms with Gasteiger partial charge in [0.2, 0.25) is 0 Å². The van der Waals surface area contributed by atoms with Crippen LogP contribution in [0.5, 0.6) is 0 Å². The Kier molecular flexibility index (Phi) is 5.75. The van der Waals surface area contributed by atoms with E-state index in [4.69, 9.17) is 16.1 Å². The van der Waals surface area contributed by atoms with E-state index in [1.165, 1.54) is 24.6 Å². The molecule has 0 aliphatic heterocycles. The van der Waals surface area contributed by atoms with E-state index < -0.39 is 11.7 Å². The molecule has 0 saturated heterocycles. The number of nitrogens with zero attached hydrogens (tertiary/aromatic N) is 3. The fourth-order valence-electron chi connectivity index (χ4n) is 4.25. The van der Waals surface area contributed by atoms with Gasteiger partial charge in [-0.15, -0.1) is 0 Å². The summed E-state index contributed by atoms with van der Waals surface area (Å²) in [7, 11) is 1.83. The molecule has 2 aromatic heterocycles. The van der Waals surface area contributed by atoms with Gasteiger partial charge in [0, 0.05) is 18.2 Å². The van der Waals surface area contributed by atoms with Crippen molar-refractivity contribution in [2.45, 2.75) is 52.0 Å². The molecule has 1 N–H and O–H groups in total. The first-order valence-corrected chi connectivity index (χ1v) is 10.7. The van der Waals surface area contributed by atoms with Gasteiger partial charge in [0.1, 0.15) is 11.5 Å². The number of aromatic nitrogens is 3. The van der Waals surface area contributed by atoms with Gasteiger partial charge in [-0.25, -0.2) is 9.07 Å². The van der Waals surface area contributed by atoms with Crippen LogP contribution < -0.4 is 10.9 Å². The van der Waals surface area contributed by atoms with Gasteiger partial charge in [0.25, 0.3) is 11.5 Å². The quantitative estimate of drug-likeness (QED) is 0.610. The lowest BCUT2D eigenvalue weighted by molar-refractivity contribution is 0.101. The molecule has 1 aromatic carbocycles. The second-order valence-corrected chi connectivity index (χ2v) is 8.40. The molecule has 9 heteroatoms. The first-order valence-electron chi connectivity index (χ1n) is 10.3. The molecule has 1 saturated carbocycles. The highest BCUT2D eigenvalue weighted by atomic mass is 35.5. The lowest BCUT2D eigenvalue weighted by Gasteiger charge is -2.24. The van der Waals surface area contributed by atoms with Crippen molar-refractivity contribution in [2.75, 3.05) is 5.32 Å². The first kappa shape index (κ1) is 21.4. The monoisotopic (exact) mass is 446 g/mol. The standard InChI is InChI=1S/C22H24ClFN4O3/c1-12-18(26-31-20(12)16-10-9-14(24)11-17(16)23)21(29)25-19-13(2)27(3)28(22(19)30)15-7-5-4-6-8-15/h9-11,15H,4-8H2,1-3H3,(H,25,29). The molecule has 0 radical (unpaired) electrons. The number of halogens is 2. The van der Waals surface area contributed by atoms with Crippen LogP contribution >= 0.6 is 11.6 Å². The van der Waals surface area contributed by atoms with Crippen LogP contribution in [0.15, 0.2) is 27.5 Å². The Morgan fingerprint density at radius 3 is 2.65 bits per heavy atom. The number of anilines is 1. The van der Waals surface area contributed by atoms with E-state index in [1.807, 2.05) is 11.7 Å². The molecule has 1 aliphatic carbocycles. The summed E-state index contributed by atoms with van der Waals surface area (Å²) in [5.41, 5.74) is 1.62. The topological polar surface area (TPSA) is 82.1 Å². The van der Waals surface area contributed by atoms with Crippen molar-refractivity contribution < 1.29 is 13.7 Å². The highest BCUT2D eigenvalue weighted by molar-refractivity contribution is 6.33. The number of hydrogen-bond acceptors (Lipinski definition) is 4. The number of amides is 1. The second kappa shape index (κ2) is 8.34. The van der Waals surface area contributed by atoms with E-state index in [1.54, 1.807) is 18.5 Å². The van der Waals surface area contributed by atoms with E-state index in [0.717, 1.165) is 25.7 Å². The Morgan fingerprint density at radius 1 is 1.26 bits per heavy atom. The van der Waals surface area contributed by atoms with Crippen molar-refractivity contribution >= 4 is 23.2 Å². The minimum atomic E-state index is -0.549. The molecule has 7 nitrogen and oxygen atoms in total. The number of carbonyl (C=O) groups excluding carboxylic acids is 1. The second-order valence-electron chi connectivity index (χ2n) is 7.99. The average Bonchev–Trinajstić information content (AvgIpc) is 3.22. The molecule has 31 heavy (non-hydrogen) atoms. The van der Waals surface area contributed by atoms with Crippen LogP contribution in [0, 0.1) is 19.7 Å². The molecule has 1 aliphatic rings. The van der Waals surface area contributed by atoms with Crippen LogP contribution in [0.1, 0.15) is 59.9 Å². The maximum atomic E-state index is 13.4. The summed E-state index contributed by atoms with van der Waals surface area (Å²) in [4.78, 5) is 26.0. The van der Waals surface area contributed by atoms with Gasteiger partial charge in [0.05, 0.1) is 16.8 Å². The number of nitrogens with one attached hydrogen (secondary N) is 1. The largest absolute Gasteiger partial charge is 0.355 e. The van der Waals surface area contributed by atoms with Crippen LogP contribution in [0.3, 0.4) is 0 Å². The van der Waals surface area contributed by atoms with E-state index in [0.29, 0.717) is 16.8 Å². The third-order valence-electron chi connectivity index (χ3n) is 6.07. The van der Waals surface area contributed by atoms with Crippen molar-refractivity contribution in [2.24, 2.45) is 7.05 Å². The molecule has 1 fully saturated rings. The maximum absolute atomic E-state index is 13.4. The van der Waals surface area contributed by atoms with E-state index in [2.05, 4.69) is 10.5 Å². The van der Waals surface area contributed by atoms with Crippen molar-refractivity contribution in [3.05, 3.63) is 56.3 Å². The fourth-order valence-corrected chi connectivity index (χ4v) is 4.51. The highest BCUT2D eigenvalue weighted by Gasteiger charge is 2.27. The summed E-state index contributed by atoms with van der Waals surface area (Å²) in [5.74, 6) is -0.746. The molecule has 2 heterocycles. The van der Waals surface area contributed by atoms with Gasteiger partial charge in [-0.1, -0.05) is 36.0 Å². The summed E-state index contributed by atoms with van der Waals surface area (Å²) in [6.45, 7) is 3.47. The Hall–Kier alpha value is -2.87. The van der Waals surface area contributed by atoms with Gasteiger partial charge in [-0.2, -0.15) is 0 Å². The average molecular weight is 447 g/mol. The zero-order chi connectivity index (χ0) is 22.3. The summed E-state index contributed by atoms with van der Waals surface area (Å²) >= 11 is 6.11. The molecule has 164 valence electrons. The predicted octanol–water partition coefficient (Wildman–Crippen LogP) is 5.01. The van der Waals surface area contributed by atoms with Crippen molar-refractivity contribution in [1.82, 2.24) is 14.5 Å². The molecule has 0 bridgehead atoms. The lowest BCUT2D eigenvalue weighted by Crippen LogP contribution is -2.29. The summed E-state index contributed by atoms with van der Waals surface area (Å²) in [6.07, 6.45) is 5.28. The smallest absolute Gasteiger partial charge is 0.291 e. The Balaban J connectivity index is 1.64. The van der Waals surface area contributed by atoms with Crippen molar-refractivity contribution in [3.63, 3.8) is 0 Å². The normalized spacial score (nSPS) is 14.7. The molecule has 1 amide bonds. The minimum Gasteiger partial charge on any atom is -0.355 e. The number of carbonyl (C=O) groups is 1. The summed E-state index contributed by atoms with van der Waals surface area (Å²) in [5, 5.41) is 6.74. The molecule has 0 unspecified atom stereocenters. The number of benzene rings is 1. The molecule has 0 spiro atoms. The van der Waals surface area contributed by atoms with Gasteiger partial charge in [0.15, 0.2) is 11.5 Å². The van der Waals surface area contributed by atoms with Crippen LogP contribution in [0.4, 0.5) is 10.1 Å². The number of hydrogen-bond donors (Lipinski definition) is 1. The molecule has 0 atom stereocenters. The first-order chi connectivity index (χ1) is 14.8. The van der Waals surface area contributed by atoms with E-state index in [-0.39, 0.29) is 33.8 Å². The van der Waals surface area contributed by atoms with Crippen molar-refractivity contribution in [1.29, 1.82) is 0 Å². The van der Waals surface area contributed by atoms with Crippen LogP contribution in [-0.2, 0) is 7.05 Å². The third kappa shape index (κ3) is 3.80. The maximum Gasteiger partial charge on any atom is 0.291 e. The Morgan fingerprint density at radius 2 is 1.97 bits per heavy atom. The highest BCUT2D eigenvalue weighted by Crippen LogP contribution is 2.33. The van der Waals surface area contributed by atoms with Gasteiger partial charge in [-0.3, -0.25) is 14.3 Å². The fraction of sp³-hybridized carbons (Fsp3) is 0.409. The zero-order valence-corrected chi connectivity index (χ0v) is 18.4. The van der Waals surface area contributed by atoms with E-state index in [9.17, 15) is 14.0 Å². The lowest BCUT2D eigenvalue weighted by atomic mass is 9.96. The SMILES string of the molecule is Cc1c(C(=O)Nc2c(C)n(C)n(C3CCCCC3)c2=O)noc1-c1ccc(F)cc1Cl.